The van der Waals surface area contributed by atoms with Crippen LogP contribution in [-0.2, 0) is 16.1 Å². The average molecular weight is 592 g/mol. The Morgan fingerprint density at radius 3 is 2.56 bits per heavy atom. The highest BCUT2D eigenvalue weighted by atomic mass is 32.2. The van der Waals surface area contributed by atoms with Crippen LogP contribution < -0.4 is 10.2 Å². The molecule has 9 heteroatoms. The molecule has 1 N–H and O–H groups in total. The summed E-state index contributed by atoms with van der Waals surface area (Å²) in [6.45, 7) is 4.07. The molecule has 2 aromatic heterocycles. The fraction of sp³-hybridized carbons (Fsp3) is 0.176. The second-order valence-electron chi connectivity index (χ2n) is 10.4. The number of carbonyl (C=O) groups excluding carboxylic acids is 2. The van der Waals surface area contributed by atoms with Crippen LogP contribution in [-0.4, -0.2) is 38.9 Å². The number of carbonyl (C=O) groups is 2. The lowest BCUT2D eigenvalue weighted by molar-refractivity contribution is -0.123. The molecule has 0 saturated heterocycles. The Labute approximate surface area is 253 Å². The number of halogens is 1. The maximum absolute atomic E-state index is 14.6. The summed E-state index contributed by atoms with van der Waals surface area (Å²) in [5.74, 6) is -0.308. The Bertz CT molecular complexity index is 1790. The third-order valence-electron chi connectivity index (χ3n) is 7.59. The van der Waals surface area contributed by atoms with Gasteiger partial charge >= 0.3 is 0 Å². The summed E-state index contributed by atoms with van der Waals surface area (Å²) in [7, 11) is 0. The van der Waals surface area contributed by atoms with Gasteiger partial charge in [-0.2, -0.15) is 5.10 Å². The van der Waals surface area contributed by atoms with Gasteiger partial charge < -0.3 is 5.32 Å². The standard InChI is InChI=1S/C34H30FN5O2S/c1-22-10-8-16-28(23(22)2)40-34-31(32(38-40)24-11-4-3-5-12-24)33(25-13-9-14-26(35)18-25)43-21-30(42)39(34)20-29(41)37-19-27-15-6-7-17-36-27/h3-18,33H,19-21H2,1-2H3,(H,37,41)/t33-/m0/s1. The lowest BCUT2D eigenvalue weighted by Crippen LogP contribution is -2.42. The summed E-state index contributed by atoms with van der Waals surface area (Å²) >= 11 is 1.41. The number of hydrogen-bond donors (Lipinski definition) is 1. The van der Waals surface area contributed by atoms with Gasteiger partial charge in [-0.3, -0.25) is 19.5 Å². The summed E-state index contributed by atoms with van der Waals surface area (Å²) in [4.78, 5) is 33.1. The van der Waals surface area contributed by atoms with E-state index in [1.165, 1.54) is 28.8 Å². The highest BCUT2D eigenvalue weighted by Crippen LogP contribution is 2.48. The van der Waals surface area contributed by atoms with Gasteiger partial charge in [0.05, 0.1) is 34.6 Å². The van der Waals surface area contributed by atoms with E-state index >= 15 is 0 Å². The summed E-state index contributed by atoms with van der Waals surface area (Å²) in [5, 5.41) is 7.63. The first-order valence-electron chi connectivity index (χ1n) is 14.0. The van der Waals surface area contributed by atoms with E-state index < -0.39 is 5.25 Å². The summed E-state index contributed by atoms with van der Waals surface area (Å²) in [6, 6.07) is 27.7. The predicted octanol–water partition coefficient (Wildman–Crippen LogP) is 6.18. The minimum Gasteiger partial charge on any atom is -0.349 e. The molecule has 0 bridgehead atoms. The fourth-order valence-electron chi connectivity index (χ4n) is 5.29. The zero-order valence-electron chi connectivity index (χ0n) is 23.8. The van der Waals surface area contributed by atoms with E-state index in [-0.39, 0.29) is 36.5 Å². The number of nitrogens with one attached hydrogen (secondary N) is 1. The highest BCUT2D eigenvalue weighted by molar-refractivity contribution is 8.00. The number of nitrogens with zero attached hydrogens (tertiary/aromatic N) is 4. The molecule has 6 rings (SSSR count). The molecule has 7 nitrogen and oxygen atoms in total. The molecule has 1 atom stereocenters. The van der Waals surface area contributed by atoms with Crippen molar-refractivity contribution < 1.29 is 14.0 Å². The first-order chi connectivity index (χ1) is 20.9. The number of amides is 2. The number of thioether (sulfide) groups is 1. The van der Waals surface area contributed by atoms with Gasteiger partial charge in [-0.15, -0.1) is 11.8 Å². The molecule has 0 fully saturated rings. The number of pyridine rings is 1. The molecule has 0 saturated carbocycles. The van der Waals surface area contributed by atoms with Gasteiger partial charge in [0.15, 0.2) is 0 Å². The van der Waals surface area contributed by atoms with Crippen LogP contribution in [0.4, 0.5) is 10.2 Å². The minimum absolute atomic E-state index is 0.102. The molecule has 3 heterocycles. The summed E-state index contributed by atoms with van der Waals surface area (Å²) in [6.07, 6.45) is 1.67. The van der Waals surface area contributed by atoms with E-state index in [4.69, 9.17) is 5.10 Å². The molecular weight excluding hydrogens is 561 g/mol. The third kappa shape index (κ3) is 5.81. The van der Waals surface area contributed by atoms with Crippen LogP contribution in [0.2, 0.25) is 0 Å². The summed E-state index contributed by atoms with van der Waals surface area (Å²) < 4.78 is 16.4. The quantitative estimate of drug-likeness (QED) is 0.245. The number of aromatic nitrogens is 3. The number of fused-ring (bicyclic) bond motifs is 1. The number of anilines is 1. The highest BCUT2D eigenvalue weighted by Gasteiger charge is 2.38. The molecule has 1 aliphatic rings. The van der Waals surface area contributed by atoms with Crippen molar-refractivity contribution in [3.8, 4) is 16.9 Å². The van der Waals surface area contributed by atoms with E-state index in [0.717, 1.165) is 33.5 Å². The molecular formula is C34H30FN5O2S. The maximum atomic E-state index is 14.6. The number of hydrogen-bond acceptors (Lipinski definition) is 5. The Hall–Kier alpha value is -4.76. The Balaban J connectivity index is 1.55. The van der Waals surface area contributed by atoms with Crippen LogP contribution >= 0.6 is 11.8 Å². The maximum Gasteiger partial charge on any atom is 0.240 e. The Morgan fingerprint density at radius 1 is 1.00 bits per heavy atom. The van der Waals surface area contributed by atoms with Crippen LogP contribution in [0.1, 0.15) is 33.2 Å². The molecule has 0 radical (unpaired) electrons. The van der Waals surface area contributed by atoms with Crippen LogP contribution in [0.5, 0.6) is 0 Å². The van der Waals surface area contributed by atoms with Crippen molar-refractivity contribution in [3.05, 3.63) is 131 Å². The zero-order chi connectivity index (χ0) is 29.9. The van der Waals surface area contributed by atoms with E-state index in [0.29, 0.717) is 17.2 Å². The fourth-order valence-corrected chi connectivity index (χ4v) is 6.47. The van der Waals surface area contributed by atoms with Gasteiger partial charge in [0.25, 0.3) is 0 Å². The molecule has 0 unspecified atom stereocenters. The van der Waals surface area contributed by atoms with Crippen LogP contribution in [0.25, 0.3) is 16.9 Å². The largest absolute Gasteiger partial charge is 0.349 e. The van der Waals surface area contributed by atoms with Crippen molar-refractivity contribution in [1.29, 1.82) is 0 Å². The molecule has 216 valence electrons. The van der Waals surface area contributed by atoms with Crippen molar-refractivity contribution in [3.63, 3.8) is 0 Å². The van der Waals surface area contributed by atoms with Crippen LogP contribution in [0.15, 0.2) is 97.2 Å². The number of rotatable bonds is 7. The van der Waals surface area contributed by atoms with E-state index in [1.54, 1.807) is 16.9 Å². The van der Waals surface area contributed by atoms with Crippen molar-refractivity contribution in [2.24, 2.45) is 0 Å². The molecule has 0 aliphatic carbocycles. The normalized spacial score (nSPS) is 14.7. The SMILES string of the molecule is Cc1cccc(-n2nc(-c3ccccc3)c3c2N(CC(=O)NCc2ccccn2)C(=O)CS[C@H]3c2cccc(F)c2)c1C. The minimum atomic E-state index is -0.412. The van der Waals surface area contributed by atoms with Gasteiger partial charge in [0, 0.05) is 17.3 Å². The first-order valence-corrected chi connectivity index (χ1v) is 15.0. The molecule has 43 heavy (non-hydrogen) atoms. The van der Waals surface area contributed by atoms with Crippen LogP contribution in [0, 0.1) is 19.7 Å². The second-order valence-corrected chi connectivity index (χ2v) is 11.5. The zero-order valence-corrected chi connectivity index (χ0v) is 24.6. The first kappa shape index (κ1) is 28.4. The van der Waals surface area contributed by atoms with Crippen molar-refractivity contribution >= 4 is 29.4 Å². The van der Waals surface area contributed by atoms with Crippen molar-refractivity contribution in [2.75, 3.05) is 17.2 Å². The Kier molecular flexibility index (Phi) is 8.07. The molecule has 2 amide bonds. The van der Waals surface area contributed by atoms with E-state index in [1.807, 2.05) is 86.6 Å². The van der Waals surface area contributed by atoms with E-state index in [2.05, 4.69) is 10.3 Å². The second kappa shape index (κ2) is 12.2. The number of aryl methyl sites for hydroxylation is 1. The van der Waals surface area contributed by atoms with Crippen LogP contribution in [0.3, 0.4) is 0 Å². The topological polar surface area (TPSA) is 80.1 Å². The van der Waals surface area contributed by atoms with E-state index in [9.17, 15) is 14.0 Å². The summed E-state index contributed by atoms with van der Waals surface area (Å²) in [5.41, 5.74) is 6.59. The lowest BCUT2D eigenvalue weighted by Gasteiger charge is -2.24. The van der Waals surface area contributed by atoms with Gasteiger partial charge in [0.2, 0.25) is 11.8 Å². The Morgan fingerprint density at radius 2 is 1.79 bits per heavy atom. The number of benzene rings is 3. The van der Waals surface area contributed by atoms with Gasteiger partial charge in [-0.25, -0.2) is 9.07 Å². The predicted molar refractivity (Wildman–Crippen MR) is 168 cm³/mol. The molecule has 3 aromatic carbocycles. The van der Waals surface area contributed by atoms with Gasteiger partial charge in [0.1, 0.15) is 18.2 Å². The van der Waals surface area contributed by atoms with Gasteiger partial charge in [-0.05, 0) is 60.9 Å². The molecule has 1 aliphatic heterocycles. The smallest absolute Gasteiger partial charge is 0.240 e. The molecule has 0 spiro atoms. The molecule has 5 aromatic rings. The third-order valence-corrected chi connectivity index (χ3v) is 8.84. The van der Waals surface area contributed by atoms with Crippen molar-refractivity contribution in [2.45, 2.75) is 25.6 Å². The monoisotopic (exact) mass is 591 g/mol. The van der Waals surface area contributed by atoms with Gasteiger partial charge in [-0.1, -0.05) is 60.7 Å². The average Bonchev–Trinajstić information content (AvgIpc) is 3.34. The van der Waals surface area contributed by atoms with Crippen molar-refractivity contribution in [1.82, 2.24) is 20.1 Å². The lowest BCUT2D eigenvalue weighted by atomic mass is 9.99.